The standard InChI is InChI=1S/C16H20N2O2S/c1-21-15-4-2-3-14(13(15)9-17)18-10-11-5-7-12(8-6-11)16(19)20/h2-4,11-12,18H,5-8,10H2,1H3,(H,19,20). The van der Waals surface area contributed by atoms with E-state index in [2.05, 4.69) is 11.4 Å². The first kappa shape index (κ1) is 15.7. The molecule has 0 heterocycles. The molecule has 0 aromatic heterocycles. The summed E-state index contributed by atoms with van der Waals surface area (Å²) < 4.78 is 0. The lowest BCUT2D eigenvalue weighted by Gasteiger charge is -2.26. The van der Waals surface area contributed by atoms with Crippen molar-refractivity contribution in [3.8, 4) is 6.07 Å². The minimum absolute atomic E-state index is 0.171. The van der Waals surface area contributed by atoms with Crippen LogP contribution in [0.25, 0.3) is 0 Å². The highest BCUT2D eigenvalue weighted by atomic mass is 32.2. The van der Waals surface area contributed by atoms with Crippen LogP contribution in [0, 0.1) is 23.2 Å². The number of carboxylic acid groups (broad SMARTS) is 1. The van der Waals surface area contributed by atoms with Gasteiger partial charge in [-0.15, -0.1) is 11.8 Å². The van der Waals surface area contributed by atoms with Gasteiger partial charge in [-0.25, -0.2) is 0 Å². The van der Waals surface area contributed by atoms with Gasteiger partial charge in [-0.3, -0.25) is 4.79 Å². The summed E-state index contributed by atoms with van der Waals surface area (Å²) in [7, 11) is 0. The second kappa shape index (κ2) is 7.37. The number of thioether (sulfide) groups is 1. The van der Waals surface area contributed by atoms with E-state index in [1.54, 1.807) is 11.8 Å². The molecule has 5 heteroatoms. The number of benzene rings is 1. The predicted molar refractivity (Wildman–Crippen MR) is 84.5 cm³/mol. The van der Waals surface area contributed by atoms with Crippen molar-refractivity contribution in [2.75, 3.05) is 18.1 Å². The van der Waals surface area contributed by atoms with Crippen molar-refractivity contribution >= 4 is 23.4 Å². The van der Waals surface area contributed by atoms with E-state index in [0.29, 0.717) is 11.5 Å². The van der Waals surface area contributed by atoms with E-state index in [0.717, 1.165) is 42.8 Å². The van der Waals surface area contributed by atoms with Crippen molar-refractivity contribution in [2.45, 2.75) is 30.6 Å². The Balaban J connectivity index is 1.93. The molecule has 2 N–H and O–H groups in total. The van der Waals surface area contributed by atoms with Crippen molar-refractivity contribution in [1.82, 2.24) is 0 Å². The number of anilines is 1. The van der Waals surface area contributed by atoms with Gasteiger partial charge in [0.25, 0.3) is 0 Å². The van der Waals surface area contributed by atoms with Crippen LogP contribution in [0.4, 0.5) is 5.69 Å². The molecule has 1 aliphatic carbocycles. The van der Waals surface area contributed by atoms with Gasteiger partial charge in [-0.1, -0.05) is 6.07 Å². The molecule has 112 valence electrons. The smallest absolute Gasteiger partial charge is 0.306 e. The molecule has 0 bridgehead atoms. The Labute approximate surface area is 129 Å². The normalized spacial score (nSPS) is 21.5. The van der Waals surface area contributed by atoms with Crippen LogP contribution in [0.15, 0.2) is 23.1 Å². The van der Waals surface area contributed by atoms with Crippen LogP contribution in [0.3, 0.4) is 0 Å². The average Bonchev–Trinajstić information content (AvgIpc) is 2.52. The highest BCUT2D eigenvalue weighted by Crippen LogP contribution is 2.30. The molecule has 0 saturated heterocycles. The van der Waals surface area contributed by atoms with Gasteiger partial charge < -0.3 is 10.4 Å². The molecule has 0 amide bonds. The predicted octanol–water partition coefficient (Wildman–Crippen LogP) is 3.58. The minimum Gasteiger partial charge on any atom is -0.481 e. The number of aliphatic carboxylic acids is 1. The summed E-state index contributed by atoms with van der Waals surface area (Å²) in [5.41, 5.74) is 1.58. The van der Waals surface area contributed by atoms with Gasteiger partial charge in [0.05, 0.1) is 17.2 Å². The Hall–Kier alpha value is -1.67. The van der Waals surface area contributed by atoms with Crippen molar-refractivity contribution in [3.63, 3.8) is 0 Å². The van der Waals surface area contributed by atoms with Crippen LogP contribution in [-0.2, 0) is 4.79 Å². The van der Waals surface area contributed by atoms with E-state index in [1.807, 2.05) is 24.5 Å². The van der Waals surface area contributed by atoms with Gasteiger partial charge >= 0.3 is 5.97 Å². The number of nitrogens with one attached hydrogen (secondary N) is 1. The van der Waals surface area contributed by atoms with Gasteiger partial charge in [0.1, 0.15) is 6.07 Å². The number of carbonyl (C=O) groups is 1. The molecule has 1 aromatic carbocycles. The van der Waals surface area contributed by atoms with Gasteiger partial charge in [0.15, 0.2) is 0 Å². The van der Waals surface area contributed by atoms with Gasteiger partial charge in [0.2, 0.25) is 0 Å². The zero-order valence-electron chi connectivity index (χ0n) is 12.1. The third kappa shape index (κ3) is 3.92. The van der Waals surface area contributed by atoms with Crippen LogP contribution < -0.4 is 5.32 Å². The fraction of sp³-hybridized carbons (Fsp3) is 0.500. The van der Waals surface area contributed by atoms with E-state index in [1.165, 1.54) is 0 Å². The van der Waals surface area contributed by atoms with Crippen LogP contribution in [0.2, 0.25) is 0 Å². The number of hydrogen-bond donors (Lipinski definition) is 2. The molecule has 0 unspecified atom stereocenters. The van der Waals surface area contributed by atoms with Gasteiger partial charge in [0, 0.05) is 11.4 Å². The molecule has 0 aliphatic heterocycles. The Bertz CT molecular complexity index is 546. The van der Waals surface area contributed by atoms with Gasteiger partial charge in [-0.2, -0.15) is 5.26 Å². The molecule has 21 heavy (non-hydrogen) atoms. The van der Waals surface area contributed by atoms with Crippen molar-refractivity contribution in [1.29, 1.82) is 5.26 Å². The molecule has 0 radical (unpaired) electrons. The monoisotopic (exact) mass is 304 g/mol. The third-order valence-corrected chi connectivity index (χ3v) is 4.92. The quantitative estimate of drug-likeness (QED) is 0.813. The third-order valence-electron chi connectivity index (χ3n) is 4.14. The van der Waals surface area contributed by atoms with E-state index in [4.69, 9.17) is 5.11 Å². The van der Waals surface area contributed by atoms with E-state index < -0.39 is 5.97 Å². The number of hydrogen-bond acceptors (Lipinski definition) is 4. The van der Waals surface area contributed by atoms with Crippen LogP contribution in [0.1, 0.15) is 31.2 Å². The second-order valence-corrected chi connectivity index (χ2v) is 6.28. The van der Waals surface area contributed by atoms with Gasteiger partial charge in [-0.05, 0) is 50.0 Å². The Morgan fingerprint density at radius 3 is 2.71 bits per heavy atom. The first-order valence-electron chi connectivity index (χ1n) is 7.19. The summed E-state index contributed by atoms with van der Waals surface area (Å²) in [5.74, 6) is -0.346. The van der Waals surface area contributed by atoms with Crippen LogP contribution >= 0.6 is 11.8 Å². The van der Waals surface area contributed by atoms with E-state index in [-0.39, 0.29) is 5.92 Å². The maximum absolute atomic E-state index is 10.9. The average molecular weight is 304 g/mol. The minimum atomic E-state index is -0.666. The molecule has 1 fully saturated rings. The van der Waals surface area contributed by atoms with Crippen LogP contribution in [-0.4, -0.2) is 23.9 Å². The Kier molecular flexibility index (Phi) is 5.51. The first-order chi connectivity index (χ1) is 10.2. The molecule has 0 spiro atoms. The fourth-order valence-electron chi connectivity index (χ4n) is 2.83. The lowest BCUT2D eigenvalue weighted by molar-refractivity contribution is -0.143. The lowest BCUT2D eigenvalue weighted by Crippen LogP contribution is -2.25. The van der Waals surface area contributed by atoms with Crippen molar-refractivity contribution < 1.29 is 9.90 Å². The maximum atomic E-state index is 10.9. The highest BCUT2D eigenvalue weighted by molar-refractivity contribution is 7.98. The number of nitrogens with zero attached hydrogens (tertiary/aromatic N) is 1. The van der Waals surface area contributed by atoms with Crippen LogP contribution in [0.5, 0.6) is 0 Å². The molecular weight excluding hydrogens is 284 g/mol. The zero-order valence-corrected chi connectivity index (χ0v) is 12.9. The number of rotatable bonds is 5. The van der Waals surface area contributed by atoms with E-state index >= 15 is 0 Å². The zero-order chi connectivity index (χ0) is 15.2. The van der Waals surface area contributed by atoms with E-state index in [9.17, 15) is 10.1 Å². The second-order valence-electron chi connectivity index (χ2n) is 5.43. The lowest BCUT2D eigenvalue weighted by atomic mass is 9.82. The topological polar surface area (TPSA) is 73.1 Å². The largest absolute Gasteiger partial charge is 0.481 e. The Morgan fingerprint density at radius 2 is 2.14 bits per heavy atom. The molecular formula is C16H20N2O2S. The summed E-state index contributed by atoms with van der Waals surface area (Å²) in [4.78, 5) is 11.9. The molecule has 2 rings (SSSR count). The molecule has 0 atom stereocenters. The highest BCUT2D eigenvalue weighted by Gasteiger charge is 2.25. The van der Waals surface area contributed by atoms with Crippen molar-refractivity contribution in [3.05, 3.63) is 23.8 Å². The summed E-state index contributed by atoms with van der Waals surface area (Å²) in [6.07, 6.45) is 5.37. The Morgan fingerprint density at radius 1 is 1.43 bits per heavy atom. The first-order valence-corrected chi connectivity index (χ1v) is 8.42. The summed E-state index contributed by atoms with van der Waals surface area (Å²) in [6, 6.07) is 8.10. The molecule has 1 saturated carbocycles. The SMILES string of the molecule is CSc1cccc(NCC2CCC(C(=O)O)CC2)c1C#N. The summed E-state index contributed by atoms with van der Waals surface area (Å²) >= 11 is 1.57. The number of carboxylic acids is 1. The molecule has 1 aliphatic rings. The molecule has 4 nitrogen and oxygen atoms in total. The maximum Gasteiger partial charge on any atom is 0.306 e. The number of nitriles is 1. The molecule has 1 aromatic rings. The van der Waals surface area contributed by atoms with Crippen molar-refractivity contribution in [2.24, 2.45) is 11.8 Å². The summed E-state index contributed by atoms with van der Waals surface area (Å²) in [5, 5.41) is 21.7. The summed E-state index contributed by atoms with van der Waals surface area (Å²) in [6.45, 7) is 0.804. The fourth-order valence-corrected chi connectivity index (χ4v) is 3.41.